The predicted octanol–water partition coefficient (Wildman–Crippen LogP) is 0.258. The molecule has 20 heavy (non-hydrogen) atoms. The first-order valence-corrected chi connectivity index (χ1v) is 6.62. The fraction of sp³-hybridized carbons (Fsp3) is 0.417. The largest absolute Gasteiger partial charge is 0.308 e. The van der Waals surface area contributed by atoms with Crippen LogP contribution in [0.5, 0.6) is 0 Å². The number of imide groups is 1. The molecule has 4 N–H and O–H groups in total. The number of nitrogens with zero attached hydrogens (tertiary/aromatic N) is 2. The van der Waals surface area contributed by atoms with Gasteiger partial charge in [0.25, 0.3) is 0 Å². The van der Waals surface area contributed by atoms with Crippen molar-refractivity contribution < 1.29 is 9.59 Å². The van der Waals surface area contributed by atoms with E-state index in [0.717, 1.165) is 0 Å². The summed E-state index contributed by atoms with van der Waals surface area (Å²) in [6, 6.07) is 2.96. The molecule has 2 heterocycles. The van der Waals surface area contributed by atoms with Crippen LogP contribution in [0.15, 0.2) is 12.1 Å². The molecule has 0 spiro atoms. The highest BCUT2D eigenvalue weighted by Crippen LogP contribution is 2.20. The molecule has 1 unspecified atom stereocenters. The molecule has 2 rings (SSSR count). The lowest BCUT2D eigenvalue weighted by molar-refractivity contribution is -0.140. The van der Waals surface area contributed by atoms with E-state index in [9.17, 15) is 9.59 Å². The summed E-state index contributed by atoms with van der Waals surface area (Å²) in [5, 5.41) is 2.80. The van der Waals surface area contributed by atoms with Gasteiger partial charge in [0.1, 0.15) is 5.82 Å². The number of halogens is 1. The topological polar surface area (TPSA) is 100 Å². The SMILES string of the molecule is CCC1C(=O)NC(=O)CN1Cc1nc(NN)ccc1Cl. The van der Waals surface area contributed by atoms with E-state index in [4.69, 9.17) is 17.4 Å². The van der Waals surface area contributed by atoms with Crippen LogP contribution >= 0.6 is 11.6 Å². The van der Waals surface area contributed by atoms with E-state index in [0.29, 0.717) is 29.5 Å². The molecule has 0 radical (unpaired) electrons. The van der Waals surface area contributed by atoms with Crippen molar-refractivity contribution in [1.29, 1.82) is 0 Å². The third-order valence-electron chi connectivity index (χ3n) is 3.16. The van der Waals surface area contributed by atoms with Crippen molar-refractivity contribution in [1.82, 2.24) is 15.2 Å². The first-order valence-electron chi connectivity index (χ1n) is 6.25. The van der Waals surface area contributed by atoms with E-state index in [2.05, 4.69) is 15.7 Å². The predicted molar refractivity (Wildman–Crippen MR) is 74.7 cm³/mol. The molecule has 0 saturated carbocycles. The third-order valence-corrected chi connectivity index (χ3v) is 3.50. The molecular weight excluding hydrogens is 282 g/mol. The Morgan fingerprint density at radius 1 is 1.55 bits per heavy atom. The van der Waals surface area contributed by atoms with E-state index in [1.807, 2.05) is 6.92 Å². The van der Waals surface area contributed by atoms with E-state index >= 15 is 0 Å². The smallest absolute Gasteiger partial charge is 0.243 e. The summed E-state index contributed by atoms with van der Waals surface area (Å²) >= 11 is 6.09. The Labute approximate surface area is 121 Å². The second-order valence-corrected chi connectivity index (χ2v) is 4.92. The molecule has 1 fully saturated rings. The maximum atomic E-state index is 11.8. The molecule has 2 amide bonds. The number of hydrogen-bond donors (Lipinski definition) is 3. The summed E-state index contributed by atoms with van der Waals surface area (Å²) in [7, 11) is 0. The fourth-order valence-corrected chi connectivity index (χ4v) is 2.36. The summed E-state index contributed by atoms with van der Waals surface area (Å²) in [4.78, 5) is 29.3. The summed E-state index contributed by atoms with van der Waals surface area (Å²) in [5.41, 5.74) is 3.01. The number of amides is 2. The van der Waals surface area contributed by atoms with Crippen molar-refractivity contribution in [2.45, 2.75) is 25.9 Å². The standard InChI is InChI=1S/C12H16ClN5O2/c1-2-9-12(20)16-11(19)6-18(9)5-8-7(13)3-4-10(15-8)17-14/h3-4,9H,2,5-6,14H2,1H3,(H,15,17)(H,16,19,20). The highest BCUT2D eigenvalue weighted by atomic mass is 35.5. The summed E-state index contributed by atoms with van der Waals surface area (Å²) in [6.45, 7) is 2.34. The number of piperazine rings is 1. The Kier molecular flexibility index (Phi) is 4.53. The van der Waals surface area contributed by atoms with Crippen molar-refractivity contribution in [2.24, 2.45) is 5.84 Å². The Morgan fingerprint density at radius 3 is 2.95 bits per heavy atom. The summed E-state index contributed by atoms with van der Waals surface area (Å²) in [5.74, 6) is 5.19. The molecule has 1 saturated heterocycles. The monoisotopic (exact) mass is 297 g/mol. The van der Waals surface area contributed by atoms with Crippen LogP contribution in [-0.2, 0) is 16.1 Å². The normalized spacial score (nSPS) is 19.9. The minimum Gasteiger partial charge on any atom is -0.308 e. The lowest BCUT2D eigenvalue weighted by Gasteiger charge is -2.33. The number of carbonyl (C=O) groups is 2. The lowest BCUT2D eigenvalue weighted by Crippen LogP contribution is -2.57. The van der Waals surface area contributed by atoms with Crippen LogP contribution in [0.3, 0.4) is 0 Å². The van der Waals surface area contributed by atoms with Crippen molar-refractivity contribution in [3.63, 3.8) is 0 Å². The number of hydrogen-bond acceptors (Lipinski definition) is 6. The van der Waals surface area contributed by atoms with Gasteiger partial charge in [-0.15, -0.1) is 0 Å². The van der Waals surface area contributed by atoms with Gasteiger partial charge >= 0.3 is 0 Å². The molecular formula is C12H16ClN5O2. The third kappa shape index (κ3) is 3.06. The van der Waals surface area contributed by atoms with Crippen LogP contribution < -0.4 is 16.6 Å². The maximum Gasteiger partial charge on any atom is 0.243 e. The second-order valence-electron chi connectivity index (χ2n) is 4.51. The van der Waals surface area contributed by atoms with Crippen LogP contribution in [0.4, 0.5) is 5.82 Å². The van der Waals surface area contributed by atoms with Crippen LogP contribution in [0.25, 0.3) is 0 Å². The van der Waals surface area contributed by atoms with Gasteiger partial charge in [-0.1, -0.05) is 18.5 Å². The van der Waals surface area contributed by atoms with Crippen molar-refractivity contribution in [3.8, 4) is 0 Å². The average molecular weight is 298 g/mol. The number of nitrogens with two attached hydrogens (primary N) is 1. The van der Waals surface area contributed by atoms with Gasteiger partial charge < -0.3 is 5.43 Å². The van der Waals surface area contributed by atoms with Gasteiger partial charge in [-0.3, -0.25) is 19.8 Å². The molecule has 0 aliphatic carbocycles. The van der Waals surface area contributed by atoms with Crippen LogP contribution in [-0.4, -0.2) is 34.3 Å². The zero-order chi connectivity index (χ0) is 14.7. The molecule has 0 bridgehead atoms. The average Bonchev–Trinajstić information content (AvgIpc) is 2.41. The number of anilines is 1. The van der Waals surface area contributed by atoms with Crippen LogP contribution in [0.1, 0.15) is 19.0 Å². The first-order chi connectivity index (χ1) is 9.55. The van der Waals surface area contributed by atoms with Crippen molar-refractivity contribution in [2.75, 3.05) is 12.0 Å². The van der Waals surface area contributed by atoms with E-state index in [1.54, 1.807) is 17.0 Å². The Balaban J connectivity index is 2.22. The Morgan fingerprint density at radius 2 is 2.30 bits per heavy atom. The number of rotatable bonds is 4. The minimum absolute atomic E-state index is 0.141. The molecule has 108 valence electrons. The van der Waals surface area contributed by atoms with Crippen molar-refractivity contribution >= 4 is 29.2 Å². The highest BCUT2D eigenvalue weighted by molar-refractivity contribution is 6.31. The summed E-state index contributed by atoms with van der Waals surface area (Å²) in [6.07, 6.45) is 0.603. The number of nitrogens with one attached hydrogen (secondary N) is 2. The molecule has 1 atom stereocenters. The van der Waals surface area contributed by atoms with E-state index in [-0.39, 0.29) is 24.4 Å². The maximum absolute atomic E-state index is 11.8. The van der Waals surface area contributed by atoms with Gasteiger partial charge in [0.05, 0.1) is 23.3 Å². The number of nitrogen functional groups attached to an aromatic ring is 1. The zero-order valence-electron chi connectivity index (χ0n) is 11.0. The van der Waals surface area contributed by atoms with Crippen LogP contribution in [0.2, 0.25) is 5.02 Å². The highest BCUT2D eigenvalue weighted by Gasteiger charge is 2.32. The van der Waals surface area contributed by atoms with Crippen molar-refractivity contribution in [3.05, 3.63) is 22.8 Å². The van der Waals surface area contributed by atoms with E-state index in [1.165, 1.54) is 0 Å². The van der Waals surface area contributed by atoms with Gasteiger partial charge in [-0.05, 0) is 18.6 Å². The molecule has 1 aromatic rings. The summed E-state index contributed by atoms with van der Waals surface area (Å²) < 4.78 is 0. The van der Waals surface area contributed by atoms with Gasteiger partial charge in [0.2, 0.25) is 11.8 Å². The van der Waals surface area contributed by atoms with Gasteiger partial charge in [-0.25, -0.2) is 10.8 Å². The molecule has 1 aliphatic rings. The molecule has 7 nitrogen and oxygen atoms in total. The van der Waals surface area contributed by atoms with Gasteiger partial charge in [0.15, 0.2) is 0 Å². The molecule has 0 aromatic carbocycles. The Hall–Kier alpha value is -1.70. The zero-order valence-corrected chi connectivity index (χ0v) is 11.8. The quantitative estimate of drug-likeness (QED) is 0.419. The number of carbonyl (C=O) groups excluding carboxylic acids is 2. The molecule has 1 aliphatic heterocycles. The van der Waals surface area contributed by atoms with Gasteiger partial charge in [0, 0.05) is 6.54 Å². The second kappa shape index (κ2) is 6.17. The number of aromatic nitrogens is 1. The van der Waals surface area contributed by atoms with E-state index < -0.39 is 0 Å². The lowest BCUT2D eigenvalue weighted by atomic mass is 10.1. The van der Waals surface area contributed by atoms with Crippen LogP contribution in [0, 0.1) is 0 Å². The fourth-order valence-electron chi connectivity index (χ4n) is 2.20. The van der Waals surface area contributed by atoms with Gasteiger partial charge in [-0.2, -0.15) is 0 Å². The molecule has 8 heteroatoms. The number of hydrazine groups is 1. The number of pyridine rings is 1. The minimum atomic E-state index is -0.361. The molecule has 1 aromatic heterocycles. The first kappa shape index (κ1) is 14.7. The Bertz CT molecular complexity index is 537.